The third-order valence-corrected chi connectivity index (χ3v) is 27.5. The van der Waals surface area contributed by atoms with E-state index in [1.165, 1.54) is 26.8 Å². The standard InChI is InChI=1S/C83H110O36/c1-13-22-80(101)77(117-45-19-16-43(31(5)108-45)114-47-21-24-79(100,34(8)84)35(9)112-47)67(96)70(115-48-27-40(86)59(88)32(6)110-48)38-26-36-25-37-51(61(90)50(36)75(98)82(38,80)102)62(91)55(73(106-12)69(37)104-10)54-63(92)52-53(66(95)72(54)105-11)64(93)56-57(65(52)94)76(99)83(103)58-71(56)119-81(83,23-14-2)78(68(97)74(58)116-49-28-41(87)60(89)33(7)111-49)118-46-20-17-42(30(4)109-46)113-44-18-15-39(85)29(3)107-44/h25,29-33,35,38-49,58-60,67-68,70-71,74,77-78,85-91,93-94,96-97,100-103H,13-24,26-28H2,1-12H3/t29-,30+,31+,32-,33-,35+,38-,39+,40+,41+,42-,43-,44+,45-,46-,47+,48-,49-,58-,59-,60-,67-,68-,70+,71+,74+,77+,78+,79-,80+,81+,82-,83-/m1/s1. The number of hydrogen-bond donors (Lipinski definition) is 15. The Hall–Kier alpha value is -6.35. The summed E-state index contributed by atoms with van der Waals surface area (Å²) in [6.07, 6.45) is -33.8. The minimum Gasteiger partial charge on any atom is -0.507 e. The Morgan fingerprint density at radius 3 is 1.55 bits per heavy atom. The average molecular weight is 1680 g/mol. The highest BCUT2D eigenvalue weighted by Gasteiger charge is 2.82. The van der Waals surface area contributed by atoms with Crippen molar-refractivity contribution in [3.63, 3.8) is 0 Å². The lowest BCUT2D eigenvalue weighted by atomic mass is 9.53. The molecule has 12 aliphatic rings. The molecule has 15 N–H and O–H groups in total. The van der Waals surface area contributed by atoms with E-state index in [1.807, 2.05) is 0 Å². The number of carbonyl (C=O) groups excluding carboxylic acids is 5. The molecule has 3 aromatic carbocycles. The number of aromatic hydroxyl groups is 4. The van der Waals surface area contributed by atoms with Crippen molar-refractivity contribution in [2.24, 2.45) is 11.8 Å². The van der Waals surface area contributed by atoms with Crippen molar-refractivity contribution in [3.05, 3.63) is 50.8 Å². The maximum absolute atomic E-state index is 16.4. The number of rotatable bonds is 21. The first kappa shape index (κ1) is 87.5. The van der Waals surface area contributed by atoms with Gasteiger partial charge in [0.05, 0.1) is 151 Å². The van der Waals surface area contributed by atoms with Crippen LogP contribution in [-0.4, -0.2) is 309 Å². The number of carbonyl (C=O) groups is 5. The number of ketones is 5. The van der Waals surface area contributed by atoms with Gasteiger partial charge in [0.1, 0.15) is 76.4 Å². The molecule has 0 spiro atoms. The molecular formula is C83H110O36. The number of Topliss-reactive ketones (excluding diaryl/α,β-unsaturated/α-hetero) is 5. The average Bonchev–Trinajstić information content (AvgIpc) is 1.49. The summed E-state index contributed by atoms with van der Waals surface area (Å²) in [6.45, 7) is 14.1. The fourth-order valence-corrected chi connectivity index (χ4v) is 21.2. The van der Waals surface area contributed by atoms with Crippen molar-refractivity contribution in [2.75, 3.05) is 21.3 Å². The smallest absolute Gasteiger partial charge is 0.232 e. The molecule has 658 valence electrons. The molecule has 15 rings (SSSR count). The third kappa shape index (κ3) is 13.5. The van der Waals surface area contributed by atoms with Crippen LogP contribution in [0.4, 0.5) is 0 Å². The predicted molar refractivity (Wildman–Crippen MR) is 402 cm³/mol. The van der Waals surface area contributed by atoms with Gasteiger partial charge in [-0.05, 0) is 105 Å². The maximum atomic E-state index is 16.4. The lowest BCUT2D eigenvalue weighted by Gasteiger charge is -2.60. The highest BCUT2D eigenvalue weighted by molar-refractivity contribution is 6.43. The van der Waals surface area contributed by atoms with Crippen LogP contribution in [0.25, 0.3) is 16.3 Å². The Kier molecular flexibility index (Phi) is 23.8. The summed E-state index contributed by atoms with van der Waals surface area (Å²) in [5.74, 6) is -16.7. The predicted octanol–water partition coefficient (Wildman–Crippen LogP) is 2.44. The van der Waals surface area contributed by atoms with E-state index in [-0.39, 0.29) is 68.7 Å². The van der Waals surface area contributed by atoms with Crippen LogP contribution >= 0.6 is 0 Å². The molecule has 0 unspecified atom stereocenters. The lowest BCUT2D eigenvalue weighted by molar-refractivity contribution is -0.358. The number of ether oxygens (including phenoxy) is 16. The summed E-state index contributed by atoms with van der Waals surface area (Å²) in [4.78, 5) is 77.0. The molecule has 0 amide bonds. The summed E-state index contributed by atoms with van der Waals surface area (Å²) < 4.78 is 101. The van der Waals surface area contributed by atoms with Gasteiger partial charge in [-0.2, -0.15) is 0 Å². The zero-order valence-electron chi connectivity index (χ0n) is 68.1. The van der Waals surface area contributed by atoms with Crippen molar-refractivity contribution in [3.8, 4) is 34.5 Å². The zero-order valence-corrected chi connectivity index (χ0v) is 68.1. The highest BCUT2D eigenvalue weighted by Crippen LogP contribution is 2.69. The van der Waals surface area contributed by atoms with E-state index in [4.69, 9.17) is 75.8 Å². The van der Waals surface area contributed by atoms with Gasteiger partial charge in [-0.3, -0.25) is 24.0 Å². The van der Waals surface area contributed by atoms with E-state index in [0.717, 1.165) is 21.3 Å². The maximum Gasteiger partial charge on any atom is 0.232 e. The molecule has 36 nitrogen and oxygen atoms in total. The van der Waals surface area contributed by atoms with E-state index in [9.17, 15) is 81.4 Å². The Morgan fingerprint density at radius 1 is 0.496 bits per heavy atom. The van der Waals surface area contributed by atoms with Crippen molar-refractivity contribution in [2.45, 2.75) is 346 Å². The van der Waals surface area contributed by atoms with E-state index in [2.05, 4.69) is 0 Å². The lowest BCUT2D eigenvalue weighted by Crippen LogP contribution is -2.80. The minimum atomic E-state index is -3.20. The second-order valence-corrected chi connectivity index (χ2v) is 34.3. The first-order valence-electron chi connectivity index (χ1n) is 41.2. The van der Waals surface area contributed by atoms with Crippen molar-refractivity contribution in [1.29, 1.82) is 0 Å². The molecule has 33 atom stereocenters. The minimum absolute atomic E-state index is 0.00463. The Bertz CT molecular complexity index is 4470. The fourth-order valence-electron chi connectivity index (χ4n) is 21.2. The highest BCUT2D eigenvalue weighted by atomic mass is 16.8. The van der Waals surface area contributed by atoms with Gasteiger partial charge in [-0.1, -0.05) is 26.7 Å². The van der Waals surface area contributed by atoms with Gasteiger partial charge in [-0.25, -0.2) is 0 Å². The van der Waals surface area contributed by atoms with Gasteiger partial charge in [0.25, 0.3) is 0 Å². The molecule has 7 heterocycles. The van der Waals surface area contributed by atoms with Crippen LogP contribution in [0.3, 0.4) is 0 Å². The molecule has 3 aromatic rings. The van der Waals surface area contributed by atoms with Crippen LogP contribution in [0.5, 0.6) is 34.5 Å². The monoisotopic (exact) mass is 1680 g/mol. The van der Waals surface area contributed by atoms with Crippen LogP contribution < -0.4 is 9.47 Å². The van der Waals surface area contributed by atoms with Crippen molar-refractivity contribution in [1.82, 2.24) is 0 Å². The van der Waals surface area contributed by atoms with Gasteiger partial charge in [-0.15, -0.1) is 0 Å². The second-order valence-electron chi connectivity index (χ2n) is 34.3. The molecule has 0 aromatic heterocycles. The van der Waals surface area contributed by atoms with Crippen molar-refractivity contribution >= 4 is 45.3 Å². The van der Waals surface area contributed by atoms with E-state index < -0.39 is 339 Å². The number of benzene rings is 3. The third-order valence-electron chi connectivity index (χ3n) is 27.5. The molecule has 0 radical (unpaired) electrons. The van der Waals surface area contributed by atoms with Gasteiger partial charge in [0, 0.05) is 55.4 Å². The van der Waals surface area contributed by atoms with Gasteiger partial charge in [0.15, 0.2) is 72.0 Å². The van der Waals surface area contributed by atoms with E-state index >= 15 is 19.2 Å². The van der Waals surface area contributed by atoms with E-state index in [1.54, 1.807) is 41.5 Å². The van der Waals surface area contributed by atoms with Crippen molar-refractivity contribution < 1.29 is 176 Å². The summed E-state index contributed by atoms with van der Waals surface area (Å²) in [7, 11) is 3.11. The summed E-state index contributed by atoms with van der Waals surface area (Å²) in [5.41, 5.74) is -19.7. The van der Waals surface area contributed by atoms with Crippen LogP contribution in [0.2, 0.25) is 0 Å². The number of hydrogen-bond acceptors (Lipinski definition) is 36. The molecule has 7 aliphatic heterocycles. The normalized spacial score (nSPS) is 43.4. The first-order chi connectivity index (χ1) is 56.3. The molecule has 7 saturated heterocycles. The topological polar surface area (TPSA) is 536 Å². The SMILES string of the molecule is CCC[C@@]12O[C@H]3c4c(O)c5c(c(O)c4C(=O)[C@]1(O)[C@H]3[C@H](O[C@@H]1C[C@H](O)[C@H](O)[C@@H](C)O1)[C@@H](O)[C@@H]2O[C@@H]1CC[C@@H](O[C@H]2CC[C@H](O)[C@@H](C)O2)[C@H](C)O1)C(=O)C(c1c(OC)c(OC)c2cc3c(c(O)c2c1O)C(=O)[C@]1(O)[C@H](C3)[C@H](O[C@@H]2C[C@H](O)[C@H](O)[C@@H](C)O2)[C@@H](O)[C@H](O[C@@H]2CC[C@@H](O[C@H]3CC[C@@](O)(C(C)=O)[C@H](C)O3)[C@H](C)O2)[C@@]1(O)CCC)=C(OC)C5=O. The van der Waals surface area contributed by atoms with Gasteiger partial charge >= 0.3 is 0 Å². The first-order valence-corrected chi connectivity index (χ1v) is 41.2. The Balaban J connectivity index is 0.806. The van der Waals surface area contributed by atoms with Crippen LogP contribution in [0, 0.1) is 11.8 Å². The van der Waals surface area contributed by atoms with Crippen LogP contribution in [0.15, 0.2) is 11.8 Å². The number of methoxy groups -OCH3 is 3. The largest absolute Gasteiger partial charge is 0.507 e. The van der Waals surface area contributed by atoms with Gasteiger partial charge < -0.3 is 152 Å². The number of aliphatic hydroxyl groups is 11. The number of fused-ring (bicyclic) bond motifs is 6. The number of aliphatic hydroxyl groups excluding tert-OH is 7. The molecule has 36 heteroatoms. The summed E-state index contributed by atoms with van der Waals surface area (Å²) in [6, 6.07) is 1.25. The quantitative estimate of drug-likeness (QED) is 0.0681. The number of allylic oxidation sites excluding steroid dienone is 2. The summed E-state index contributed by atoms with van der Waals surface area (Å²) in [5, 5.41) is 184. The molecular weight excluding hydrogens is 1570 g/mol. The van der Waals surface area contributed by atoms with Gasteiger partial charge in [0.2, 0.25) is 23.1 Å². The number of phenolic OH excluding ortho intramolecular Hbond substituents is 4. The Labute approximate surface area is 683 Å². The van der Waals surface area contributed by atoms with Crippen LogP contribution in [-0.2, 0) is 77.5 Å². The fraction of sp³-hybridized carbons (Fsp3) is 0.723. The zero-order chi connectivity index (χ0) is 86.0. The molecule has 2 saturated carbocycles. The molecule has 119 heavy (non-hydrogen) atoms. The van der Waals surface area contributed by atoms with E-state index in [0.29, 0.717) is 12.8 Å². The van der Waals surface area contributed by atoms with Crippen LogP contribution in [0.1, 0.15) is 216 Å². The molecule has 4 bridgehead atoms. The Morgan fingerprint density at radius 2 is 1.01 bits per heavy atom. The number of phenols is 4. The molecule has 9 fully saturated rings. The second kappa shape index (κ2) is 32.3. The summed E-state index contributed by atoms with van der Waals surface area (Å²) >= 11 is 0. The molecule has 5 aliphatic carbocycles.